The summed E-state index contributed by atoms with van der Waals surface area (Å²) >= 11 is 5.59. The average molecular weight is 218 g/mol. The van der Waals surface area contributed by atoms with Gasteiger partial charge in [0.1, 0.15) is 6.07 Å². The first-order valence-electron chi connectivity index (χ1n) is 3.67. The Balaban J connectivity index is 3.41. The molecule has 1 aromatic rings. The Morgan fingerprint density at radius 3 is 2.71 bits per heavy atom. The van der Waals surface area contributed by atoms with Crippen molar-refractivity contribution in [3.05, 3.63) is 28.0 Å². The van der Waals surface area contributed by atoms with Crippen LogP contribution in [0.3, 0.4) is 0 Å². The molecule has 0 unspecified atom stereocenters. The van der Waals surface area contributed by atoms with Gasteiger partial charge in [-0.25, -0.2) is 8.78 Å². The van der Waals surface area contributed by atoms with Gasteiger partial charge in [0.15, 0.2) is 0 Å². The zero-order valence-electron chi connectivity index (χ0n) is 6.97. The lowest BCUT2D eigenvalue weighted by molar-refractivity contribution is 0.149. The second-order valence-electron chi connectivity index (χ2n) is 2.46. The van der Waals surface area contributed by atoms with Crippen LogP contribution in [0.1, 0.15) is 23.2 Å². The van der Waals surface area contributed by atoms with Crippen molar-refractivity contribution in [2.45, 2.75) is 13.0 Å². The van der Waals surface area contributed by atoms with Crippen molar-refractivity contribution in [1.29, 1.82) is 5.26 Å². The fourth-order valence-corrected chi connectivity index (χ4v) is 1.29. The van der Waals surface area contributed by atoms with Crippen LogP contribution in [0.5, 0.6) is 0 Å². The molecule has 1 heterocycles. The van der Waals surface area contributed by atoms with Crippen molar-refractivity contribution in [3.63, 3.8) is 0 Å². The third kappa shape index (κ3) is 1.81. The largest absolute Gasteiger partial charge is 0.325 e. The molecule has 74 valence electrons. The van der Waals surface area contributed by atoms with Gasteiger partial charge >= 0.3 is 0 Å². The first kappa shape index (κ1) is 10.8. The molecule has 0 aliphatic carbocycles. The van der Waals surface area contributed by atoms with Gasteiger partial charge in [0.25, 0.3) is 6.43 Å². The van der Waals surface area contributed by atoms with Gasteiger partial charge in [-0.05, 0) is 0 Å². The molecule has 2 N–H and O–H groups in total. The van der Waals surface area contributed by atoms with E-state index in [2.05, 4.69) is 4.98 Å². The Kier molecular flexibility index (Phi) is 3.33. The highest BCUT2D eigenvalue weighted by atomic mass is 35.5. The van der Waals surface area contributed by atoms with Crippen LogP contribution in [0.25, 0.3) is 0 Å². The van der Waals surface area contributed by atoms with Crippen molar-refractivity contribution >= 4 is 11.6 Å². The number of hydrogen-bond acceptors (Lipinski definition) is 3. The van der Waals surface area contributed by atoms with E-state index < -0.39 is 12.0 Å². The van der Waals surface area contributed by atoms with E-state index in [0.29, 0.717) is 0 Å². The van der Waals surface area contributed by atoms with Crippen molar-refractivity contribution < 1.29 is 8.78 Å². The molecule has 0 spiro atoms. The van der Waals surface area contributed by atoms with Crippen molar-refractivity contribution in [2.75, 3.05) is 0 Å². The molecule has 1 aromatic heterocycles. The van der Waals surface area contributed by atoms with Gasteiger partial charge in [0, 0.05) is 12.7 Å². The first-order chi connectivity index (χ1) is 6.61. The Morgan fingerprint density at radius 2 is 2.29 bits per heavy atom. The summed E-state index contributed by atoms with van der Waals surface area (Å²) in [5.41, 5.74) is 4.71. The molecule has 0 atom stereocenters. The number of aromatic nitrogens is 1. The van der Waals surface area contributed by atoms with Gasteiger partial charge < -0.3 is 5.73 Å². The summed E-state index contributed by atoms with van der Waals surface area (Å²) in [6, 6.07) is 1.67. The molecule has 1 rings (SSSR count). The molecular weight excluding hydrogens is 212 g/mol. The van der Waals surface area contributed by atoms with E-state index in [4.69, 9.17) is 22.6 Å². The molecule has 0 saturated carbocycles. The van der Waals surface area contributed by atoms with E-state index in [1.165, 1.54) is 0 Å². The fraction of sp³-hybridized carbons (Fsp3) is 0.250. The number of nitrogens with two attached hydrogens (primary N) is 1. The summed E-state index contributed by atoms with van der Waals surface area (Å²) in [6.45, 7) is -0.134. The van der Waals surface area contributed by atoms with Crippen LogP contribution in [0, 0.1) is 11.3 Å². The Morgan fingerprint density at radius 1 is 1.64 bits per heavy atom. The molecule has 14 heavy (non-hydrogen) atoms. The molecule has 0 radical (unpaired) electrons. The topological polar surface area (TPSA) is 62.7 Å². The first-order valence-corrected chi connectivity index (χ1v) is 4.05. The van der Waals surface area contributed by atoms with Gasteiger partial charge in [0.05, 0.1) is 21.8 Å². The van der Waals surface area contributed by atoms with Crippen LogP contribution in [0.4, 0.5) is 8.78 Å². The highest BCUT2D eigenvalue weighted by Gasteiger charge is 2.20. The third-order valence-electron chi connectivity index (χ3n) is 1.67. The van der Waals surface area contributed by atoms with Crippen molar-refractivity contribution in [3.8, 4) is 6.07 Å². The smallest absolute Gasteiger partial charge is 0.267 e. The summed E-state index contributed by atoms with van der Waals surface area (Å²) in [5.74, 6) is 0. The molecule has 0 aromatic carbocycles. The van der Waals surface area contributed by atoms with Crippen LogP contribution in [0.2, 0.25) is 5.02 Å². The van der Waals surface area contributed by atoms with E-state index in [1.54, 1.807) is 6.07 Å². The molecule has 0 fully saturated rings. The Hall–Kier alpha value is -1.25. The van der Waals surface area contributed by atoms with Crippen LogP contribution in [0.15, 0.2) is 6.20 Å². The Labute approximate surface area is 84.1 Å². The minimum absolute atomic E-state index is 0.0176. The number of nitrogens with zero attached hydrogens (tertiary/aromatic N) is 2. The summed E-state index contributed by atoms with van der Waals surface area (Å²) in [7, 11) is 0. The number of nitriles is 1. The van der Waals surface area contributed by atoms with Gasteiger partial charge in [-0.2, -0.15) is 5.26 Å². The van der Waals surface area contributed by atoms with Crippen LogP contribution in [-0.4, -0.2) is 4.98 Å². The van der Waals surface area contributed by atoms with Crippen LogP contribution < -0.4 is 5.73 Å². The summed E-state index contributed by atoms with van der Waals surface area (Å²) in [4.78, 5) is 3.64. The maximum absolute atomic E-state index is 12.5. The van der Waals surface area contributed by atoms with Gasteiger partial charge in [-0.3, -0.25) is 4.98 Å². The number of pyridine rings is 1. The molecule has 3 nitrogen and oxygen atoms in total. The number of halogens is 3. The standard InChI is InChI=1S/C8H6ClF2N3/c9-7-4(1-12)3-14-5(2-13)6(7)8(10)11/h3,8H,2,13H2. The van der Waals surface area contributed by atoms with Gasteiger partial charge in [-0.1, -0.05) is 11.6 Å². The van der Waals surface area contributed by atoms with Crippen molar-refractivity contribution in [2.24, 2.45) is 5.73 Å². The van der Waals surface area contributed by atoms with Gasteiger partial charge in [0.2, 0.25) is 0 Å². The molecule has 0 saturated heterocycles. The average Bonchev–Trinajstić information content (AvgIpc) is 2.16. The second kappa shape index (κ2) is 4.31. The minimum atomic E-state index is -2.78. The molecule has 0 aliphatic rings. The molecule has 0 bridgehead atoms. The molecule has 0 aliphatic heterocycles. The van der Waals surface area contributed by atoms with Crippen LogP contribution >= 0.6 is 11.6 Å². The van der Waals surface area contributed by atoms with Crippen LogP contribution in [-0.2, 0) is 6.54 Å². The highest BCUT2D eigenvalue weighted by Crippen LogP contribution is 2.31. The lowest BCUT2D eigenvalue weighted by atomic mass is 10.1. The fourth-order valence-electron chi connectivity index (χ4n) is 1.00. The monoisotopic (exact) mass is 217 g/mol. The zero-order valence-corrected chi connectivity index (χ0v) is 7.72. The molecule has 6 heteroatoms. The predicted molar refractivity (Wildman–Crippen MR) is 46.8 cm³/mol. The Bertz CT molecular complexity index is 387. The van der Waals surface area contributed by atoms with E-state index in [1.807, 2.05) is 0 Å². The lowest BCUT2D eigenvalue weighted by Crippen LogP contribution is -2.06. The zero-order chi connectivity index (χ0) is 10.7. The van der Waals surface area contributed by atoms with Crippen molar-refractivity contribution in [1.82, 2.24) is 4.98 Å². The predicted octanol–water partition coefficient (Wildman–Crippen LogP) is 2.00. The summed E-state index contributed by atoms with van der Waals surface area (Å²) in [5, 5.41) is 8.27. The number of rotatable bonds is 2. The SMILES string of the molecule is N#Cc1cnc(CN)c(C(F)F)c1Cl. The van der Waals surface area contributed by atoms with E-state index >= 15 is 0 Å². The van der Waals surface area contributed by atoms with E-state index in [-0.39, 0.29) is 22.8 Å². The maximum atomic E-state index is 12.5. The van der Waals surface area contributed by atoms with E-state index in [9.17, 15) is 8.78 Å². The second-order valence-corrected chi connectivity index (χ2v) is 2.84. The maximum Gasteiger partial charge on any atom is 0.267 e. The highest BCUT2D eigenvalue weighted by molar-refractivity contribution is 6.32. The quantitative estimate of drug-likeness (QED) is 0.824. The molecular formula is C8H6ClF2N3. The summed E-state index contributed by atoms with van der Waals surface area (Å²) < 4.78 is 25.0. The van der Waals surface area contributed by atoms with Gasteiger partial charge in [-0.15, -0.1) is 0 Å². The normalized spacial score (nSPS) is 10.3. The number of hydrogen-bond donors (Lipinski definition) is 1. The minimum Gasteiger partial charge on any atom is -0.325 e. The lowest BCUT2D eigenvalue weighted by Gasteiger charge is -2.08. The number of alkyl halides is 2. The van der Waals surface area contributed by atoms with E-state index in [0.717, 1.165) is 6.20 Å². The molecule has 0 amide bonds. The summed E-state index contributed by atoms with van der Waals surface area (Å²) in [6.07, 6.45) is -1.64. The third-order valence-corrected chi connectivity index (χ3v) is 2.07.